The number of amides is 1. The van der Waals surface area contributed by atoms with Gasteiger partial charge in [-0.15, -0.1) is 11.3 Å². The van der Waals surface area contributed by atoms with Crippen LogP contribution >= 0.6 is 11.3 Å². The molecule has 0 saturated carbocycles. The highest BCUT2D eigenvalue weighted by Gasteiger charge is 2.18. The molecule has 0 radical (unpaired) electrons. The minimum atomic E-state index is -0.940. The molecule has 1 amide bonds. The van der Waals surface area contributed by atoms with Gasteiger partial charge in [-0.25, -0.2) is 13.8 Å². The van der Waals surface area contributed by atoms with Gasteiger partial charge in [0.15, 0.2) is 5.76 Å². The topological polar surface area (TPSA) is 73.0 Å². The van der Waals surface area contributed by atoms with Gasteiger partial charge in [0.2, 0.25) is 5.13 Å². The van der Waals surface area contributed by atoms with Crippen LogP contribution in [0, 0.1) is 18.6 Å². The van der Waals surface area contributed by atoms with Crippen LogP contribution in [0.2, 0.25) is 0 Å². The standard InChI is InChI=1S/C18H12F2N4O2S/c1-10-7-16(22-17(25)12-5-4-11(19)8-13(12)20)24(23-10)18-21-14(9-27-18)15-3-2-6-26-15/h2-9H,1H3,(H,22,25). The Kier molecular flexibility index (Phi) is 4.28. The monoisotopic (exact) mass is 386 g/mol. The quantitative estimate of drug-likeness (QED) is 0.563. The highest BCUT2D eigenvalue weighted by Crippen LogP contribution is 2.27. The Balaban J connectivity index is 1.64. The molecule has 0 bridgehead atoms. The Morgan fingerprint density at radius 1 is 1.26 bits per heavy atom. The van der Waals surface area contributed by atoms with Crippen LogP contribution in [0.5, 0.6) is 0 Å². The molecule has 0 saturated heterocycles. The Bertz CT molecular complexity index is 1120. The zero-order valence-corrected chi connectivity index (χ0v) is 14.8. The number of thiazole rings is 1. The summed E-state index contributed by atoms with van der Waals surface area (Å²) in [6, 6.07) is 7.95. The molecule has 4 aromatic rings. The Morgan fingerprint density at radius 2 is 2.11 bits per heavy atom. The maximum atomic E-state index is 13.8. The average Bonchev–Trinajstić information content (AvgIpc) is 3.34. The van der Waals surface area contributed by atoms with E-state index in [1.54, 1.807) is 36.8 Å². The van der Waals surface area contributed by atoms with E-state index in [1.165, 1.54) is 16.0 Å². The molecule has 3 heterocycles. The fourth-order valence-electron chi connectivity index (χ4n) is 2.49. The van der Waals surface area contributed by atoms with Gasteiger partial charge in [-0.1, -0.05) is 0 Å². The van der Waals surface area contributed by atoms with E-state index >= 15 is 0 Å². The number of hydrogen-bond acceptors (Lipinski definition) is 5. The third-order valence-corrected chi connectivity index (χ3v) is 4.51. The van der Waals surface area contributed by atoms with Crippen molar-refractivity contribution in [2.24, 2.45) is 0 Å². The third kappa shape index (κ3) is 3.36. The summed E-state index contributed by atoms with van der Waals surface area (Å²) in [6.07, 6.45) is 1.55. The van der Waals surface area contributed by atoms with E-state index in [9.17, 15) is 13.6 Å². The SMILES string of the molecule is Cc1cc(NC(=O)c2ccc(F)cc2F)n(-c2nc(-c3ccco3)cs2)n1. The molecule has 1 N–H and O–H groups in total. The summed E-state index contributed by atoms with van der Waals surface area (Å²) in [7, 11) is 0. The van der Waals surface area contributed by atoms with Crippen molar-refractivity contribution in [2.75, 3.05) is 5.32 Å². The van der Waals surface area contributed by atoms with Crippen LogP contribution in [0.15, 0.2) is 52.5 Å². The van der Waals surface area contributed by atoms with Crippen molar-refractivity contribution in [3.05, 3.63) is 70.9 Å². The third-order valence-electron chi connectivity index (χ3n) is 3.70. The molecule has 0 aliphatic heterocycles. The highest BCUT2D eigenvalue weighted by molar-refractivity contribution is 7.12. The van der Waals surface area contributed by atoms with E-state index in [0.717, 1.165) is 12.1 Å². The van der Waals surface area contributed by atoms with Crippen LogP contribution < -0.4 is 5.32 Å². The molecule has 3 aromatic heterocycles. The van der Waals surface area contributed by atoms with Gasteiger partial charge in [0.1, 0.15) is 23.1 Å². The lowest BCUT2D eigenvalue weighted by Crippen LogP contribution is -2.16. The molecule has 136 valence electrons. The Labute approximate surface area is 156 Å². The number of anilines is 1. The highest BCUT2D eigenvalue weighted by atomic mass is 32.1. The van der Waals surface area contributed by atoms with Crippen LogP contribution in [0.1, 0.15) is 16.1 Å². The number of nitrogens with zero attached hydrogens (tertiary/aromatic N) is 3. The van der Waals surface area contributed by atoms with Crippen molar-refractivity contribution in [3.8, 4) is 16.6 Å². The average molecular weight is 386 g/mol. The predicted octanol–water partition coefficient (Wildman–Crippen LogP) is 4.43. The molecule has 0 spiro atoms. The first-order chi connectivity index (χ1) is 13.0. The number of nitrogens with one attached hydrogen (secondary N) is 1. The molecule has 0 atom stereocenters. The molecule has 0 aliphatic rings. The molecule has 0 fully saturated rings. The van der Waals surface area contributed by atoms with Gasteiger partial charge >= 0.3 is 0 Å². The van der Waals surface area contributed by atoms with Crippen LogP contribution in [-0.2, 0) is 0 Å². The minimum Gasteiger partial charge on any atom is -0.463 e. The molecule has 0 unspecified atom stereocenters. The number of aromatic nitrogens is 3. The largest absolute Gasteiger partial charge is 0.463 e. The number of benzene rings is 1. The Hall–Kier alpha value is -3.33. The van der Waals surface area contributed by atoms with Crippen molar-refractivity contribution in [3.63, 3.8) is 0 Å². The molecule has 1 aromatic carbocycles. The van der Waals surface area contributed by atoms with Crippen LogP contribution in [-0.4, -0.2) is 20.7 Å². The fourth-order valence-corrected chi connectivity index (χ4v) is 3.27. The fraction of sp³-hybridized carbons (Fsp3) is 0.0556. The summed E-state index contributed by atoms with van der Waals surface area (Å²) in [4.78, 5) is 16.8. The van der Waals surface area contributed by atoms with E-state index < -0.39 is 17.5 Å². The number of carbonyl (C=O) groups excluding carboxylic acids is 1. The molecule has 27 heavy (non-hydrogen) atoms. The van der Waals surface area contributed by atoms with Gasteiger partial charge in [0.25, 0.3) is 5.91 Å². The zero-order valence-electron chi connectivity index (χ0n) is 13.9. The van der Waals surface area contributed by atoms with Gasteiger partial charge < -0.3 is 9.73 Å². The van der Waals surface area contributed by atoms with Gasteiger partial charge in [0.05, 0.1) is 17.5 Å². The normalized spacial score (nSPS) is 10.9. The van der Waals surface area contributed by atoms with E-state index in [-0.39, 0.29) is 5.56 Å². The lowest BCUT2D eigenvalue weighted by molar-refractivity contribution is 0.102. The number of rotatable bonds is 4. The van der Waals surface area contributed by atoms with Gasteiger partial charge in [-0.2, -0.15) is 9.78 Å². The van der Waals surface area contributed by atoms with Crippen LogP contribution in [0.25, 0.3) is 16.6 Å². The number of halogens is 2. The number of hydrogen-bond donors (Lipinski definition) is 1. The molecular formula is C18H12F2N4O2S. The number of carbonyl (C=O) groups is 1. The summed E-state index contributed by atoms with van der Waals surface area (Å²) in [5.74, 6) is -1.47. The Morgan fingerprint density at radius 3 is 2.85 bits per heavy atom. The van der Waals surface area contributed by atoms with E-state index in [0.29, 0.717) is 34.2 Å². The summed E-state index contributed by atoms with van der Waals surface area (Å²) >= 11 is 1.31. The van der Waals surface area contributed by atoms with Crippen molar-refractivity contribution in [1.29, 1.82) is 0 Å². The van der Waals surface area contributed by atoms with Gasteiger partial charge in [0, 0.05) is 17.5 Å². The van der Waals surface area contributed by atoms with E-state index in [1.807, 2.05) is 0 Å². The molecule has 9 heteroatoms. The molecule has 4 rings (SSSR count). The number of furan rings is 1. The summed E-state index contributed by atoms with van der Waals surface area (Å²) < 4.78 is 33.7. The maximum absolute atomic E-state index is 13.8. The molecular weight excluding hydrogens is 374 g/mol. The molecule has 0 aliphatic carbocycles. The second-order valence-electron chi connectivity index (χ2n) is 5.65. The van der Waals surface area contributed by atoms with Crippen molar-refractivity contribution >= 4 is 23.1 Å². The summed E-state index contributed by atoms with van der Waals surface area (Å²) in [5, 5.41) is 9.22. The smallest absolute Gasteiger partial charge is 0.259 e. The van der Waals surface area contributed by atoms with Crippen molar-refractivity contribution < 1.29 is 18.0 Å². The zero-order chi connectivity index (χ0) is 19.0. The summed E-state index contributed by atoms with van der Waals surface area (Å²) in [5.41, 5.74) is 1.01. The van der Waals surface area contributed by atoms with Gasteiger partial charge in [-0.3, -0.25) is 4.79 Å². The van der Waals surface area contributed by atoms with Crippen LogP contribution in [0.3, 0.4) is 0 Å². The predicted molar refractivity (Wildman–Crippen MR) is 96.0 cm³/mol. The minimum absolute atomic E-state index is 0.266. The first kappa shape index (κ1) is 17.1. The molecule has 6 nitrogen and oxygen atoms in total. The van der Waals surface area contributed by atoms with Crippen LogP contribution in [0.4, 0.5) is 14.6 Å². The van der Waals surface area contributed by atoms with Crippen molar-refractivity contribution in [2.45, 2.75) is 6.92 Å². The van der Waals surface area contributed by atoms with Gasteiger partial charge in [-0.05, 0) is 31.2 Å². The van der Waals surface area contributed by atoms with E-state index in [4.69, 9.17) is 4.42 Å². The second-order valence-corrected chi connectivity index (χ2v) is 6.49. The maximum Gasteiger partial charge on any atom is 0.259 e. The van der Waals surface area contributed by atoms with Crippen molar-refractivity contribution in [1.82, 2.24) is 14.8 Å². The van der Waals surface area contributed by atoms with E-state index in [2.05, 4.69) is 15.4 Å². The summed E-state index contributed by atoms with van der Waals surface area (Å²) in [6.45, 7) is 1.76. The number of aryl methyl sites for hydroxylation is 1. The lowest BCUT2D eigenvalue weighted by Gasteiger charge is -2.07. The first-order valence-electron chi connectivity index (χ1n) is 7.84. The first-order valence-corrected chi connectivity index (χ1v) is 8.72. The second kappa shape index (κ2) is 6.76. The lowest BCUT2D eigenvalue weighted by atomic mass is 10.2.